The molecule has 0 aliphatic carbocycles. The minimum absolute atomic E-state index is 0.246. The summed E-state index contributed by atoms with van der Waals surface area (Å²) in [5.74, 6) is 1.14. The molecule has 0 saturated carbocycles. The van der Waals surface area contributed by atoms with Gasteiger partial charge in [0.25, 0.3) is 0 Å². The molecule has 3 aromatic heterocycles. The van der Waals surface area contributed by atoms with Crippen LogP contribution in [0.15, 0.2) is 52.3 Å². The van der Waals surface area contributed by atoms with Crippen LogP contribution in [-0.4, -0.2) is 20.2 Å². The fourth-order valence-corrected chi connectivity index (χ4v) is 4.61. The van der Waals surface area contributed by atoms with Crippen LogP contribution in [0.3, 0.4) is 0 Å². The van der Waals surface area contributed by atoms with Gasteiger partial charge in [0, 0.05) is 11.1 Å². The lowest BCUT2D eigenvalue weighted by atomic mass is 10.2. The Labute approximate surface area is 161 Å². The molecule has 0 bridgehead atoms. The Morgan fingerprint density at radius 2 is 1.96 bits per heavy atom. The molecule has 0 fully saturated rings. The number of thiazole rings is 1. The number of nitrogens with one attached hydrogen (secondary N) is 1. The van der Waals surface area contributed by atoms with Crippen molar-refractivity contribution in [3.63, 3.8) is 0 Å². The number of hydrogen-bond donors (Lipinski definition) is 1. The van der Waals surface area contributed by atoms with Crippen LogP contribution in [-0.2, 0) is 5.75 Å². The van der Waals surface area contributed by atoms with E-state index in [0.717, 1.165) is 22.0 Å². The second kappa shape index (κ2) is 7.94. The molecule has 4 nitrogen and oxygen atoms in total. The van der Waals surface area contributed by atoms with Gasteiger partial charge >= 0.3 is 0 Å². The van der Waals surface area contributed by atoms with Crippen molar-refractivity contribution in [3.8, 4) is 9.88 Å². The molecule has 0 spiro atoms. The lowest BCUT2D eigenvalue weighted by Crippen LogP contribution is -1.82. The van der Waals surface area contributed by atoms with Gasteiger partial charge in [-0.15, -0.1) is 27.8 Å². The molecule has 0 saturated heterocycles. The highest BCUT2D eigenvalue weighted by molar-refractivity contribution is 7.98. The summed E-state index contributed by atoms with van der Waals surface area (Å²) in [6.07, 6.45) is 3.68. The number of benzene rings is 1. The summed E-state index contributed by atoms with van der Waals surface area (Å²) >= 11 is 4.89. The molecule has 0 aliphatic heterocycles. The maximum absolute atomic E-state index is 12.9. The van der Waals surface area contributed by atoms with Gasteiger partial charge in [-0.3, -0.25) is 5.10 Å². The van der Waals surface area contributed by atoms with E-state index < -0.39 is 0 Å². The van der Waals surface area contributed by atoms with Crippen molar-refractivity contribution >= 4 is 46.6 Å². The fraction of sp³-hybridized carbons (Fsp3) is 0.0556. The minimum atomic E-state index is -0.246. The predicted molar refractivity (Wildman–Crippen MR) is 107 cm³/mol. The van der Waals surface area contributed by atoms with Gasteiger partial charge in [-0.2, -0.15) is 0 Å². The smallest absolute Gasteiger partial charge is 0.209 e. The van der Waals surface area contributed by atoms with E-state index in [2.05, 4.69) is 37.0 Å². The summed E-state index contributed by atoms with van der Waals surface area (Å²) in [6, 6.07) is 10.4. The molecule has 0 radical (unpaired) electrons. The van der Waals surface area contributed by atoms with Gasteiger partial charge in [0.15, 0.2) is 0 Å². The zero-order chi connectivity index (χ0) is 17.8. The molecular weight excluding hydrogens is 387 g/mol. The Morgan fingerprint density at radius 1 is 1.08 bits per heavy atom. The maximum Gasteiger partial charge on any atom is 0.209 e. The largest absolute Gasteiger partial charge is 0.259 e. The molecule has 8 heteroatoms. The summed E-state index contributed by atoms with van der Waals surface area (Å²) in [6.45, 7) is 0. The van der Waals surface area contributed by atoms with Crippen LogP contribution >= 0.6 is 34.4 Å². The lowest BCUT2D eigenvalue weighted by Gasteiger charge is -1.92. The average Bonchev–Trinajstić information content (AvgIpc) is 3.40. The zero-order valence-electron chi connectivity index (χ0n) is 13.4. The minimum Gasteiger partial charge on any atom is -0.259 e. The summed E-state index contributed by atoms with van der Waals surface area (Å²) < 4.78 is 12.9. The molecule has 4 rings (SSSR count). The van der Waals surface area contributed by atoms with Crippen molar-refractivity contribution in [3.05, 3.63) is 70.1 Å². The van der Waals surface area contributed by atoms with Crippen LogP contribution < -0.4 is 0 Å². The van der Waals surface area contributed by atoms with E-state index in [0.29, 0.717) is 11.0 Å². The van der Waals surface area contributed by atoms with E-state index in [1.807, 2.05) is 18.2 Å². The second-order valence-corrected chi connectivity index (χ2v) is 8.05. The quantitative estimate of drug-likeness (QED) is 0.429. The SMILES string of the molecule is Fc1ccc(/C=C/c2nc(SCc3csc(-c4cccs4)n3)n[nH]2)cc1. The highest BCUT2D eigenvalue weighted by Crippen LogP contribution is 2.29. The number of thiophene rings is 1. The summed E-state index contributed by atoms with van der Waals surface area (Å²) in [5, 5.41) is 13.0. The number of rotatable bonds is 6. The fourth-order valence-electron chi connectivity index (χ4n) is 2.17. The van der Waals surface area contributed by atoms with Gasteiger partial charge in [-0.25, -0.2) is 14.4 Å². The summed E-state index contributed by atoms with van der Waals surface area (Å²) in [7, 11) is 0. The highest BCUT2D eigenvalue weighted by Gasteiger charge is 2.08. The molecule has 1 N–H and O–H groups in total. The van der Waals surface area contributed by atoms with Gasteiger partial charge in [-0.1, -0.05) is 36.0 Å². The Bertz CT molecular complexity index is 1000. The average molecular weight is 401 g/mol. The normalized spacial score (nSPS) is 11.4. The first kappa shape index (κ1) is 17.1. The third kappa shape index (κ3) is 4.27. The van der Waals surface area contributed by atoms with Crippen molar-refractivity contribution in [1.29, 1.82) is 0 Å². The molecule has 3 heterocycles. The third-order valence-corrected chi connectivity index (χ3v) is 6.23. The molecule has 0 atom stereocenters. The van der Waals surface area contributed by atoms with Crippen molar-refractivity contribution < 1.29 is 4.39 Å². The molecule has 130 valence electrons. The first-order valence-electron chi connectivity index (χ1n) is 7.73. The third-order valence-electron chi connectivity index (χ3n) is 3.42. The number of nitrogens with zero attached hydrogens (tertiary/aromatic N) is 3. The Morgan fingerprint density at radius 3 is 2.77 bits per heavy atom. The first-order valence-corrected chi connectivity index (χ1v) is 10.5. The molecule has 4 aromatic rings. The summed E-state index contributed by atoms with van der Waals surface area (Å²) in [5.41, 5.74) is 1.93. The van der Waals surface area contributed by atoms with E-state index in [1.54, 1.807) is 34.8 Å². The van der Waals surface area contributed by atoms with E-state index >= 15 is 0 Å². The van der Waals surface area contributed by atoms with Crippen LogP contribution in [0.5, 0.6) is 0 Å². The standard InChI is InChI=1S/C18H13FN4S3/c19-13-6-3-12(4-7-13)5-8-16-21-18(23-22-16)26-11-14-10-25-17(20-14)15-2-1-9-24-15/h1-10H,11H2,(H,21,22,23)/b8-5+. The van der Waals surface area contributed by atoms with Crippen molar-refractivity contribution in [1.82, 2.24) is 20.2 Å². The number of H-pyrrole nitrogens is 1. The van der Waals surface area contributed by atoms with Gasteiger partial charge in [0.05, 0.1) is 10.6 Å². The molecule has 26 heavy (non-hydrogen) atoms. The van der Waals surface area contributed by atoms with Crippen molar-refractivity contribution in [2.45, 2.75) is 10.9 Å². The number of hydrogen-bond acceptors (Lipinski definition) is 6. The Balaban J connectivity index is 1.36. The van der Waals surface area contributed by atoms with E-state index in [9.17, 15) is 4.39 Å². The van der Waals surface area contributed by atoms with Crippen LogP contribution in [0.1, 0.15) is 17.1 Å². The highest BCUT2D eigenvalue weighted by atomic mass is 32.2. The predicted octanol–water partition coefficient (Wildman–Crippen LogP) is 5.59. The monoisotopic (exact) mass is 400 g/mol. The second-order valence-electron chi connectivity index (χ2n) is 5.30. The van der Waals surface area contributed by atoms with E-state index in [1.165, 1.54) is 28.8 Å². The van der Waals surface area contributed by atoms with Gasteiger partial charge in [0.1, 0.15) is 16.6 Å². The van der Waals surface area contributed by atoms with E-state index in [4.69, 9.17) is 0 Å². The maximum atomic E-state index is 12.9. The first-order chi connectivity index (χ1) is 12.8. The van der Waals surface area contributed by atoms with E-state index in [-0.39, 0.29) is 5.82 Å². The van der Waals surface area contributed by atoms with Crippen molar-refractivity contribution in [2.24, 2.45) is 0 Å². The van der Waals surface area contributed by atoms with Crippen LogP contribution in [0, 0.1) is 5.82 Å². The van der Waals surface area contributed by atoms with Gasteiger partial charge in [0.2, 0.25) is 5.16 Å². The molecule has 0 amide bonds. The van der Waals surface area contributed by atoms with Crippen LogP contribution in [0.2, 0.25) is 0 Å². The van der Waals surface area contributed by atoms with Crippen molar-refractivity contribution in [2.75, 3.05) is 0 Å². The van der Waals surface area contributed by atoms with Crippen LogP contribution in [0.4, 0.5) is 4.39 Å². The lowest BCUT2D eigenvalue weighted by molar-refractivity contribution is 0.628. The topological polar surface area (TPSA) is 54.5 Å². The molecule has 0 aliphatic rings. The molecular formula is C18H13FN4S3. The number of halogens is 1. The summed E-state index contributed by atoms with van der Waals surface area (Å²) in [4.78, 5) is 10.3. The van der Waals surface area contributed by atoms with Crippen LogP contribution in [0.25, 0.3) is 22.0 Å². The van der Waals surface area contributed by atoms with Gasteiger partial charge < -0.3 is 0 Å². The number of thioether (sulfide) groups is 1. The number of aromatic nitrogens is 4. The van der Waals surface area contributed by atoms with Gasteiger partial charge in [-0.05, 0) is 35.2 Å². The molecule has 0 unspecified atom stereocenters. The molecule has 1 aromatic carbocycles. The Kier molecular flexibility index (Phi) is 5.24. The zero-order valence-corrected chi connectivity index (χ0v) is 15.9. The Hall–Kier alpha value is -2.29. The number of aromatic amines is 1.